The molecule has 1 aromatic heterocycles. The minimum atomic E-state index is -0.621. The number of hydrogen-bond acceptors (Lipinski definition) is 4. The highest BCUT2D eigenvalue weighted by molar-refractivity contribution is 5.79. The van der Waals surface area contributed by atoms with Crippen LogP contribution in [-0.4, -0.2) is 29.6 Å². The lowest BCUT2D eigenvalue weighted by Gasteiger charge is -2.20. The van der Waals surface area contributed by atoms with Crippen LogP contribution in [0.25, 0.3) is 0 Å². The number of nitrogens with two attached hydrogens (primary N) is 1. The number of carbonyl (C=O) groups is 1. The first-order chi connectivity index (χ1) is 7.02. The third-order valence-corrected chi connectivity index (χ3v) is 2.02. The maximum Gasteiger partial charge on any atom is 0.236 e. The number of carbonyl (C=O) groups excluding carboxylic acids is 1. The zero-order valence-corrected chi connectivity index (χ0v) is 8.84. The summed E-state index contributed by atoms with van der Waals surface area (Å²) in [7, 11) is 1.71. The number of primary amides is 1. The first-order valence-electron chi connectivity index (χ1n) is 4.64. The number of rotatable bonds is 4. The largest absolute Gasteiger partial charge is 0.389 e. The highest BCUT2D eigenvalue weighted by Crippen LogP contribution is 2.22. The first-order valence-corrected chi connectivity index (χ1v) is 4.64. The number of pyridine rings is 1. The van der Waals surface area contributed by atoms with Crippen molar-refractivity contribution in [2.24, 2.45) is 5.73 Å². The van der Waals surface area contributed by atoms with Gasteiger partial charge < -0.3 is 15.7 Å². The zero-order valence-electron chi connectivity index (χ0n) is 8.84. The number of aromatic nitrogens is 1. The van der Waals surface area contributed by atoms with Crippen molar-refractivity contribution in [2.75, 3.05) is 18.5 Å². The number of nitrogens with zero attached hydrogens (tertiary/aromatic N) is 2. The normalized spacial score (nSPS) is 12.2. The molecule has 82 valence electrons. The molecule has 1 rings (SSSR count). The molecule has 1 heterocycles. The summed E-state index contributed by atoms with van der Waals surface area (Å²) in [6, 6.07) is 3.51. The third kappa shape index (κ3) is 2.92. The molecule has 1 atom stereocenters. The van der Waals surface area contributed by atoms with Gasteiger partial charge in [0.1, 0.15) is 5.82 Å². The maximum atomic E-state index is 10.8. The monoisotopic (exact) mass is 209 g/mol. The molecule has 0 bridgehead atoms. The van der Waals surface area contributed by atoms with Gasteiger partial charge in [-0.05, 0) is 13.0 Å². The zero-order chi connectivity index (χ0) is 11.4. The number of anilines is 1. The Morgan fingerprint density at radius 3 is 2.93 bits per heavy atom. The van der Waals surface area contributed by atoms with Gasteiger partial charge in [-0.15, -0.1) is 0 Å². The molecule has 0 saturated carbocycles. The van der Waals surface area contributed by atoms with Crippen LogP contribution in [-0.2, 0) is 4.79 Å². The van der Waals surface area contributed by atoms with Crippen LogP contribution in [0, 0.1) is 0 Å². The molecule has 15 heavy (non-hydrogen) atoms. The molecule has 0 fully saturated rings. The van der Waals surface area contributed by atoms with E-state index < -0.39 is 12.0 Å². The Bertz CT molecular complexity index is 352. The molecule has 0 saturated heterocycles. The standard InChI is InChI=1S/C10H15N3O2/c1-7(14)8-4-3-5-12-10(8)13(2)6-9(11)15/h3-5,7,14H,6H2,1-2H3,(H2,11,15)/t7-/m1/s1. The van der Waals surface area contributed by atoms with Crippen LogP contribution in [0.5, 0.6) is 0 Å². The van der Waals surface area contributed by atoms with E-state index in [1.54, 1.807) is 37.2 Å². The van der Waals surface area contributed by atoms with Gasteiger partial charge in [-0.25, -0.2) is 4.98 Å². The van der Waals surface area contributed by atoms with Gasteiger partial charge in [0.2, 0.25) is 5.91 Å². The molecule has 1 amide bonds. The van der Waals surface area contributed by atoms with Gasteiger partial charge in [0.05, 0.1) is 12.6 Å². The quantitative estimate of drug-likeness (QED) is 0.734. The average Bonchev–Trinajstić information content (AvgIpc) is 2.16. The van der Waals surface area contributed by atoms with Crippen molar-refractivity contribution < 1.29 is 9.90 Å². The summed E-state index contributed by atoms with van der Waals surface area (Å²) in [5, 5.41) is 9.50. The number of aliphatic hydroxyl groups is 1. The second-order valence-electron chi connectivity index (χ2n) is 3.41. The summed E-state index contributed by atoms with van der Waals surface area (Å²) in [4.78, 5) is 16.5. The lowest BCUT2D eigenvalue weighted by Crippen LogP contribution is -2.31. The predicted octanol–water partition coefficient (Wildman–Crippen LogP) is 0.0564. The van der Waals surface area contributed by atoms with Crippen molar-refractivity contribution in [3.63, 3.8) is 0 Å². The lowest BCUT2D eigenvalue weighted by atomic mass is 10.1. The fourth-order valence-electron chi connectivity index (χ4n) is 1.36. The van der Waals surface area contributed by atoms with Crippen LogP contribution in [0.1, 0.15) is 18.6 Å². The smallest absolute Gasteiger partial charge is 0.236 e. The van der Waals surface area contributed by atoms with E-state index in [0.717, 1.165) is 0 Å². The summed E-state index contributed by atoms with van der Waals surface area (Å²) < 4.78 is 0. The van der Waals surface area contributed by atoms with Gasteiger partial charge in [0, 0.05) is 18.8 Å². The molecule has 0 unspecified atom stereocenters. The summed E-state index contributed by atoms with van der Waals surface area (Å²) in [6.45, 7) is 1.73. The fraction of sp³-hybridized carbons (Fsp3) is 0.400. The molecule has 3 N–H and O–H groups in total. The van der Waals surface area contributed by atoms with E-state index in [2.05, 4.69) is 4.98 Å². The van der Waals surface area contributed by atoms with Gasteiger partial charge in [0.25, 0.3) is 0 Å². The van der Waals surface area contributed by atoms with E-state index in [1.165, 1.54) is 0 Å². The Kier molecular flexibility index (Phi) is 3.62. The van der Waals surface area contributed by atoms with Crippen molar-refractivity contribution in [3.8, 4) is 0 Å². The van der Waals surface area contributed by atoms with E-state index in [4.69, 9.17) is 5.73 Å². The van der Waals surface area contributed by atoms with Crippen LogP contribution in [0.2, 0.25) is 0 Å². The molecule has 5 heteroatoms. The van der Waals surface area contributed by atoms with E-state index in [1.807, 2.05) is 0 Å². The minimum Gasteiger partial charge on any atom is -0.389 e. The molecule has 0 aliphatic rings. The maximum absolute atomic E-state index is 10.8. The molecule has 1 aromatic rings. The van der Waals surface area contributed by atoms with Crippen LogP contribution < -0.4 is 10.6 Å². The van der Waals surface area contributed by atoms with E-state index in [0.29, 0.717) is 11.4 Å². The summed E-state index contributed by atoms with van der Waals surface area (Å²) >= 11 is 0. The third-order valence-electron chi connectivity index (χ3n) is 2.02. The SMILES string of the molecule is C[C@@H](O)c1cccnc1N(C)CC(N)=O. The molecule has 0 aliphatic heterocycles. The number of aliphatic hydroxyl groups excluding tert-OH is 1. The second-order valence-corrected chi connectivity index (χ2v) is 3.41. The topological polar surface area (TPSA) is 79.5 Å². The van der Waals surface area contributed by atoms with Crippen molar-refractivity contribution >= 4 is 11.7 Å². The molecule has 0 radical (unpaired) electrons. The van der Waals surface area contributed by atoms with Crippen LogP contribution >= 0.6 is 0 Å². The van der Waals surface area contributed by atoms with E-state index in [9.17, 15) is 9.90 Å². The van der Waals surface area contributed by atoms with Crippen molar-refractivity contribution in [1.82, 2.24) is 4.98 Å². The Morgan fingerprint density at radius 1 is 1.73 bits per heavy atom. The highest BCUT2D eigenvalue weighted by Gasteiger charge is 2.13. The Balaban J connectivity index is 2.97. The molecular weight excluding hydrogens is 194 g/mol. The highest BCUT2D eigenvalue weighted by atomic mass is 16.3. The molecular formula is C10H15N3O2. The van der Waals surface area contributed by atoms with Gasteiger partial charge in [-0.1, -0.05) is 6.07 Å². The summed E-state index contributed by atoms with van der Waals surface area (Å²) in [5.74, 6) is 0.144. The van der Waals surface area contributed by atoms with Crippen LogP contribution in [0.15, 0.2) is 18.3 Å². The molecule has 5 nitrogen and oxygen atoms in total. The van der Waals surface area contributed by atoms with E-state index >= 15 is 0 Å². The van der Waals surface area contributed by atoms with Gasteiger partial charge in [0.15, 0.2) is 0 Å². The molecule has 0 aromatic carbocycles. The predicted molar refractivity (Wildman–Crippen MR) is 57.3 cm³/mol. The Labute approximate surface area is 88.5 Å². The Hall–Kier alpha value is -1.62. The first kappa shape index (κ1) is 11.5. The van der Waals surface area contributed by atoms with Gasteiger partial charge in [-0.3, -0.25) is 4.79 Å². The molecule has 0 spiro atoms. The molecule has 0 aliphatic carbocycles. The van der Waals surface area contributed by atoms with Gasteiger partial charge >= 0.3 is 0 Å². The number of hydrogen-bond donors (Lipinski definition) is 2. The van der Waals surface area contributed by atoms with E-state index in [-0.39, 0.29) is 6.54 Å². The van der Waals surface area contributed by atoms with Crippen LogP contribution in [0.4, 0.5) is 5.82 Å². The van der Waals surface area contributed by atoms with Gasteiger partial charge in [-0.2, -0.15) is 0 Å². The van der Waals surface area contributed by atoms with Crippen molar-refractivity contribution in [1.29, 1.82) is 0 Å². The fourth-order valence-corrected chi connectivity index (χ4v) is 1.36. The van der Waals surface area contributed by atoms with Crippen molar-refractivity contribution in [2.45, 2.75) is 13.0 Å². The number of likely N-dealkylation sites (N-methyl/N-ethyl adjacent to an activating group) is 1. The average molecular weight is 209 g/mol. The van der Waals surface area contributed by atoms with Crippen molar-refractivity contribution in [3.05, 3.63) is 23.9 Å². The Morgan fingerprint density at radius 2 is 2.40 bits per heavy atom. The summed E-state index contributed by atoms with van der Waals surface area (Å²) in [5.41, 5.74) is 5.77. The summed E-state index contributed by atoms with van der Waals surface area (Å²) in [6.07, 6.45) is 0.989. The lowest BCUT2D eigenvalue weighted by molar-refractivity contribution is -0.116. The minimum absolute atomic E-state index is 0.0801. The van der Waals surface area contributed by atoms with Crippen LogP contribution in [0.3, 0.4) is 0 Å². The second kappa shape index (κ2) is 4.75. The number of amides is 1.